The van der Waals surface area contributed by atoms with E-state index in [1.54, 1.807) is 12.1 Å². The Balaban J connectivity index is 2.12. The van der Waals surface area contributed by atoms with Crippen molar-refractivity contribution >= 4 is 17.4 Å². The van der Waals surface area contributed by atoms with Crippen LogP contribution < -0.4 is 10.6 Å². The molecule has 0 saturated heterocycles. The lowest BCUT2D eigenvalue weighted by Gasteiger charge is -2.08. The summed E-state index contributed by atoms with van der Waals surface area (Å²) in [7, 11) is 0. The summed E-state index contributed by atoms with van der Waals surface area (Å²) in [6.07, 6.45) is 0.929. The molecule has 1 heterocycles. The first kappa shape index (κ1) is 14.9. The first-order valence-corrected chi connectivity index (χ1v) is 6.57. The number of anilines is 2. The molecule has 110 valence electrons. The summed E-state index contributed by atoms with van der Waals surface area (Å²) in [6.45, 7) is 2.76. The number of carbonyl (C=O) groups excluding carboxylic acids is 1. The highest BCUT2D eigenvalue weighted by Gasteiger charge is 2.11. The average Bonchev–Trinajstić information content (AvgIpc) is 2.48. The Morgan fingerprint density at radius 3 is 2.76 bits per heavy atom. The summed E-state index contributed by atoms with van der Waals surface area (Å²) in [5, 5.41) is 5.42. The number of nitrogens with one attached hydrogen (secondary N) is 2. The molecular weight excluding hydrogens is 276 g/mol. The van der Waals surface area contributed by atoms with Crippen LogP contribution in [0, 0.1) is 11.6 Å². The maximum absolute atomic E-state index is 13.5. The van der Waals surface area contributed by atoms with E-state index in [2.05, 4.69) is 15.6 Å². The van der Waals surface area contributed by atoms with Crippen LogP contribution in [0.2, 0.25) is 0 Å². The third-order valence-electron chi connectivity index (χ3n) is 2.72. The highest BCUT2D eigenvalue weighted by Crippen LogP contribution is 2.16. The maximum Gasteiger partial charge on any atom is 0.274 e. The van der Waals surface area contributed by atoms with Crippen LogP contribution in [-0.2, 0) is 0 Å². The minimum absolute atomic E-state index is 0.0879. The molecule has 21 heavy (non-hydrogen) atoms. The van der Waals surface area contributed by atoms with E-state index in [9.17, 15) is 13.6 Å². The van der Waals surface area contributed by atoms with Crippen molar-refractivity contribution in [2.45, 2.75) is 13.3 Å². The van der Waals surface area contributed by atoms with E-state index in [1.807, 2.05) is 6.92 Å². The summed E-state index contributed by atoms with van der Waals surface area (Å²) in [5.74, 6) is -1.51. The fourth-order valence-corrected chi connectivity index (χ4v) is 1.69. The Morgan fingerprint density at radius 1 is 1.24 bits per heavy atom. The monoisotopic (exact) mass is 291 g/mol. The number of halogens is 2. The van der Waals surface area contributed by atoms with Crippen LogP contribution >= 0.6 is 0 Å². The van der Waals surface area contributed by atoms with E-state index in [4.69, 9.17) is 0 Å². The third kappa shape index (κ3) is 3.98. The second kappa shape index (κ2) is 6.78. The lowest BCUT2D eigenvalue weighted by Crippen LogP contribution is -2.15. The largest absolute Gasteiger partial charge is 0.370 e. The normalized spacial score (nSPS) is 10.2. The van der Waals surface area contributed by atoms with Crippen molar-refractivity contribution in [3.8, 4) is 0 Å². The molecule has 0 aliphatic carbocycles. The highest BCUT2D eigenvalue weighted by atomic mass is 19.1. The molecule has 0 aliphatic rings. The van der Waals surface area contributed by atoms with Crippen LogP contribution in [0.4, 0.5) is 20.3 Å². The Hall–Kier alpha value is -2.50. The van der Waals surface area contributed by atoms with Crippen molar-refractivity contribution in [3.05, 3.63) is 53.7 Å². The molecule has 1 aromatic carbocycles. The van der Waals surface area contributed by atoms with E-state index in [1.165, 1.54) is 12.1 Å². The fraction of sp³-hybridized carbons (Fsp3) is 0.200. The summed E-state index contributed by atoms with van der Waals surface area (Å²) in [5.41, 5.74) is 0.0648. The third-order valence-corrected chi connectivity index (χ3v) is 2.72. The van der Waals surface area contributed by atoms with Crippen molar-refractivity contribution in [1.82, 2.24) is 4.98 Å². The smallest absolute Gasteiger partial charge is 0.274 e. The number of aromatic nitrogens is 1. The summed E-state index contributed by atoms with van der Waals surface area (Å²) in [4.78, 5) is 16.1. The van der Waals surface area contributed by atoms with E-state index < -0.39 is 17.5 Å². The molecule has 1 amide bonds. The minimum Gasteiger partial charge on any atom is -0.370 e. The van der Waals surface area contributed by atoms with Crippen molar-refractivity contribution in [3.63, 3.8) is 0 Å². The van der Waals surface area contributed by atoms with Crippen LogP contribution in [0.1, 0.15) is 23.8 Å². The van der Waals surface area contributed by atoms with Crippen LogP contribution in [0.15, 0.2) is 36.4 Å². The van der Waals surface area contributed by atoms with Gasteiger partial charge in [0.25, 0.3) is 5.91 Å². The number of rotatable bonds is 5. The van der Waals surface area contributed by atoms with Gasteiger partial charge in [-0.15, -0.1) is 0 Å². The molecule has 0 aliphatic heterocycles. The molecule has 0 fully saturated rings. The van der Waals surface area contributed by atoms with Gasteiger partial charge in [0.1, 0.15) is 23.1 Å². The molecule has 0 saturated carbocycles. The number of amides is 1. The van der Waals surface area contributed by atoms with Crippen molar-refractivity contribution < 1.29 is 13.6 Å². The highest BCUT2D eigenvalue weighted by molar-refractivity contribution is 6.03. The Bertz CT molecular complexity index is 647. The van der Waals surface area contributed by atoms with Gasteiger partial charge in [0.15, 0.2) is 0 Å². The van der Waals surface area contributed by atoms with Crippen LogP contribution in [0.25, 0.3) is 0 Å². The van der Waals surface area contributed by atoms with Crippen molar-refractivity contribution in [1.29, 1.82) is 0 Å². The second-order valence-corrected chi connectivity index (χ2v) is 4.41. The van der Waals surface area contributed by atoms with Gasteiger partial charge in [-0.05, 0) is 30.7 Å². The molecule has 0 spiro atoms. The first-order valence-electron chi connectivity index (χ1n) is 6.57. The van der Waals surface area contributed by atoms with Gasteiger partial charge in [0, 0.05) is 12.6 Å². The van der Waals surface area contributed by atoms with E-state index in [0.29, 0.717) is 11.9 Å². The van der Waals surface area contributed by atoms with Crippen molar-refractivity contribution in [2.75, 3.05) is 17.2 Å². The van der Waals surface area contributed by atoms with Gasteiger partial charge >= 0.3 is 0 Å². The number of hydrogen-bond donors (Lipinski definition) is 2. The number of benzene rings is 1. The lowest BCUT2D eigenvalue weighted by atomic mass is 10.2. The summed E-state index contributed by atoms with van der Waals surface area (Å²) >= 11 is 0. The fourth-order valence-electron chi connectivity index (χ4n) is 1.69. The SMILES string of the molecule is CCCNc1cccc(C(=O)Nc2ccc(F)cc2F)n1. The number of nitrogens with zero attached hydrogens (tertiary/aromatic N) is 1. The van der Waals surface area contributed by atoms with Gasteiger partial charge in [-0.2, -0.15) is 0 Å². The number of carbonyl (C=O) groups is 1. The van der Waals surface area contributed by atoms with Gasteiger partial charge in [0.05, 0.1) is 5.69 Å². The molecule has 2 N–H and O–H groups in total. The Morgan fingerprint density at radius 2 is 2.05 bits per heavy atom. The molecule has 0 atom stereocenters. The number of hydrogen-bond acceptors (Lipinski definition) is 3. The van der Waals surface area contributed by atoms with E-state index in [-0.39, 0.29) is 11.4 Å². The predicted molar refractivity (Wildman–Crippen MR) is 77.3 cm³/mol. The van der Waals surface area contributed by atoms with Gasteiger partial charge in [-0.3, -0.25) is 4.79 Å². The Kier molecular flexibility index (Phi) is 4.81. The average molecular weight is 291 g/mol. The van der Waals surface area contributed by atoms with Crippen LogP contribution in [0.3, 0.4) is 0 Å². The summed E-state index contributed by atoms with van der Waals surface area (Å²) < 4.78 is 26.3. The van der Waals surface area contributed by atoms with E-state index >= 15 is 0 Å². The van der Waals surface area contributed by atoms with Crippen LogP contribution in [-0.4, -0.2) is 17.4 Å². The van der Waals surface area contributed by atoms with Gasteiger partial charge in [-0.1, -0.05) is 13.0 Å². The van der Waals surface area contributed by atoms with Crippen LogP contribution in [0.5, 0.6) is 0 Å². The van der Waals surface area contributed by atoms with Crippen molar-refractivity contribution in [2.24, 2.45) is 0 Å². The zero-order chi connectivity index (χ0) is 15.2. The molecule has 0 radical (unpaired) electrons. The molecule has 0 bridgehead atoms. The molecule has 6 heteroatoms. The standard InChI is InChI=1S/C15H15F2N3O/c1-2-8-18-14-5-3-4-13(19-14)15(21)20-12-7-6-10(16)9-11(12)17/h3-7,9H,2,8H2,1H3,(H,18,19)(H,20,21). The molecule has 0 unspecified atom stereocenters. The van der Waals surface area contributed by atoms with Gasteiger partial charge < -0.3 is 10.6 Å². The second-order valence-electron chi connectivity index (χ2n) is 4.41. The minimum atomic E-state index is -0.830. The molecule has 1 aromatic heterocycles. The molecule has 2 rings (SSSR count). The number of pyridine rings is 1. The summed E-state index contributed by atoms with van der Waals surface area (Å²) in [6, 6.07) is 7.90. The molecule has 2 aromatic rings. The maximum atomic E-state index is 13.5. The zero-order valence-electron chi connectivity index (χ0n) is 11.5. The molecular formula is C15H15F2N3O. The lowest BCUT2D eigenvalue weighted by molar-refractivity contribution is 0.102. The molecule has 4 nitrogen and oxygen atoms in total. The Labute approximate surface area is 121 Å². The first-order chi connectivity index (χ1) is 10.1. The van der Waals surface area contributed by atoms with Gasteiger partial charge in [0.2, 0.25) is 0 Å². The quantitative estimate of drug-likeness (QED) is 0.887. The topological polar surface area (TPSA) is 54.0 Å². The predicted octanol–water partition coefficient (Wildman–Crippen LogP) is 3.43. The zero-order valence-corrected chi connectivity index (χ0v) is 11.5. The van der Waals surface area contributed by atoms with Gasteiger partial charge in [-0.25, -0.2) is 13.8 Å². The van der Waals surface area contributed by atoms with E-state index in [0.717, 1.165) is 19.0 Å².